The van der Waals surface area contributed by atoms with E-state index in [1.165, 1.54) is 30.6 Å². The minimum Gasteiger partial charge on any atom is -0.468 e. The molecule has 0 saturated carbocycles. The lowest BCUT2D eigenvalue weighted by Gasteiger charge is -2.21. The number of benzene rings is 1. The van der Waals surface area contributed by atoms with E-state index in [2.05, 4.69) is 9.88 Å². The van der Waals surface area contributed by atoms with E-state index in [0.717, 1.165) is 35.7 Å². The van der Waals surface area contributed by atoms with Crippen molar-refractivity contribution in [3.8, 4) is 10.6 Å². The quantitative estimate of drug-likeness (QED) is 0.470. The Balaban J connectivity index is 1.75. The molecule has 7 nitrogen and oxygen atoms in total. The molecule has 0 spiro atoms. The Morgan fingerprint density at radius 2 is 2.38 bits per heavy atom. The van der Waals surface area contributed by atoms with Crippen LogP contribution in [0.3, 0.4) is 0 Å². The highest BCUT2D eigenvalue weighted by atomic mass is 32.1. The molecule has 1 atom stereocenters. The van der Waals surface area contributed by atoms with Crippen LogP contribution in [0.15, 0.2) is 29.6 Å². The molecule has 1 aromatic carbocycles. The van der Waals surface area contributed by atoms with Crippen LogP contribution in [-0.2, 0) is 16.1 Å². The first-order chi connectivity index (χ1) is 11.6. The molecule has 1 aliphatic rings. The van der Waals surface area contributed by atoms with Gasteiger partial charge in [-0.3, -0.25) is 19.8 Å². The van der Waals surface area contributed by atoms with E-state index >= 15 is 0 Å². The number of carbonyl (C=O) groups is 1. The molecule has 1 aromatic heterocycles. The first kappa shape index (κ1) is 16.5. The monoisotopic (exact) mass is 347 g/mol. The summed E-state index contributed by atoms with van der Waals surface area (Å²) in [5.74, 6) is -0.207. The second-order valence-corrected chi connectivity index (χ2v) is 6.46. The van der Waals surface area contributed by atoms with E-state index in [0.29, 0.717) is 6.54 Å². The summed E-state index contributed by atoms with van der Waals surface area (Å²) in [6, 6.07) is 6.24. The molecule has 0 radical (unpaired) electrons. The molecule has 1 saturated heterocycles. The minimum absolute atomic E-state index is 0.0505. The summed E-state index contributed by atoms with van der Waals surface area (Å²) in [6.07, 6.45) is 1.76. The fraction of sp³-hybridized carbons (Fsp3) is 0.375. The highest BCUT2D eigenvalue weighted by molar-refractivity contribution is 7.13. The number of nitrogens with zero attached hydrogens (tertiary/aromatic N) is 3. The third kappa shape index (κ3) is 3.44. The fourth-order valence-corrected chi connectivity index (χ4v) is 3.70. The van der Waals surface area contributed by atoms with Gasteiger partial charge in [-0.15, -0.1) is 11.3 Å². The third-order valence-electron chi connectivity index (χ3n) is 4.06. The second kappa shape index (κ2) is 7.06. The number of methoxy groups -OCH3 is 1. The number of hydrogen-bond donors (Lipinski definition) is 0. The van der Waals surface area contributed by atoms with Gasteiger partial charge in [0.1, 0.15) is 11.0 Å². The van der Waals surface area contributed by atoms with Crippen molar-refractivity contribution < 1.29 is 14.5 Å². The van der Waals surface area contributed by atoms with Crippen molar-refractivity contribution in [1.29, 1.82) is 0 Å². The summed E-state index contributed by atoms with van der Waals surface area (Å²) in [5, 5.41) is 13.6. The number of nitro benzene ring substituents is 1. The van der Waals surface area contributed by atoms with Crippen molar-refractivity contribution in [2.45, 2.75) is 25.4 Å². The van der Waals surface area contributed by atoms with Gasteiger partial charge in [-0.05, 0) is 19.4 Å². The van der Waals surface area contributed by atoms with Crippen LogP contribution in [0.1, 0.15) is 18.5 Å². The summed E-state index contributed by atoms with van der Waals surface area (Å²) < 4.78 is 4.85. The van der Waals surface area contributed by atoms with Gasteiger partial charge < -0.3 is 4.74 Å². The van der Waals surface area contributed by atoms with Crippen LogP contribution >= 0.6 is 11.3 Å². The van der Waals surface area contributed by atoms with Gasteiger partial charge in [-0.1, -0.05) is 12.1 Å². The zero-order valence-electron chi connectivity index (χ0n) is 13.2. The number of hydrogen-bond acceptors (Lipinski definition) is 7. The van der Waals surface area contributed by atoms with Crippen molar-refractivity contribution in [1.82, 2.24) is 9.88 Å². The molecular weight excluding hydrogens is 330 g/mol. The number of ether oxygens (including phenoxy) is 1. The minimum atomic E-state index is -0.413. The molecule has 0 unspecified atom stereocenters. The first-order valence-corrected chi connectivity index (χ1v) is 8.47. The molecule has 8 heteroatoms. The molecule has 0 bridgehead atoms. The molecule has 2 aromatic rings. The Hall–Kier alpha value is -2.32. The summed E-state index contributed by atoms with van der Waals surface area (Å²) in [7, 11) is 1.40. The van der Waals surface area contributed by atoms with Crippen LogP contribution in [0, 0.1) is 10.1 Å². The molecule has 2 heterocycles. The van der Waals surface area contributed by atoms with E-state index in [1.54, 1.807) is 6.07 Å². The van der Waals surface area contributed by atoms with Crippen LogP contribution in [0.25, 0.3) is 10.6 Å². The normalized spacial score (nSPS) is 17.8. The molecule has 1 aliphatic heterocycles. The summed E-state index contributed by atoms with van der Waals surface area (Å²) >= 11 is 1.45. The Morgan fingerprint density at radius 3 is 3.12 bits per heavy atom. The van der Waals surface area contributed by atoms with Gasteiger partial charge in [0.05, 0.1) is 17.7 Å². The van der Waals surface area contributed by atoms with Gasteiger partial charge in [0.25, 0.3) is 5.69 Å². The lowest BCUT2D eigenvalue weighted by molar-refractivity contribution is -0.384. The number of aromatic nitrogens is 1. The molecule has 1 fully saturated rings. The number of nitro groups is 1. The second-order valence-electron chi connectivity index (χ2n) is 5.60. The van der Waals surface area contributed by atoms with Crippen molar-refractivity contribution >= 4 is 23.0 Å². The van der Waals surface area contributed by atoms with Crippen molar-refractivity contribution in [2.24, 2.45) is 0 Å². The maximum absolute atomic E-state index is 11.8. The molecule has 0 amide bonds. The molecule has 0 N–H and O–H groups in total. The molecule has 0 aliphatic carbocycles. The Kier molecular flexibility index (Phi) is 4.86. The van der Waals surface area contributed by atoms with Crippen molar-refractivity contribution in [2.75, 3.05) is 13.7 Å². The van der Waals surface area contributed by atoms with Crippen molar-refractivity contribution in [3.63, 3.8) is 0 Å². The lowest BCUT2D eigenvalue weighted by atomic mass is 10.2. The highest BCUT2D eigenvalue weighted by Gasteiger charge is 2.31. The maximum atomic E-state index is 11.8. The van der Waals surface area contributed by atoms with E-state index in [-0.39, 0.29) is 17.7 Å². The SMILES string of the molecule is COC(=O)[C@H]1CCCN1Cc1csc(-c2cccc([N+](=O)[O-])c2)n1. The predicted molar refractivity (Wildman–Crippen MR) is 89.7 cm³/mol. The summed E-state index contributed by atoms with van der Waals surface area (Å²) in [5.41, 5.74) is 1.64. The number of rotatable bonds is 5. The maximum Gasteiger partial charge on any atom is 0.323 e. The van der Waals surface area contributed by atoms with Crippen LogP contribution in [0.5, 0.6) is 0 Å². The summed E-state index contributed by atoms with van der Waals surface area (Å²) in [6.45, 7) is 1.41. The van der Waals surface area contributed by atoms with E-state index in [4.69, 9.17) is 4.74 Å². The topological polar surface area (TPSA) is 85.6 Å². The lowest BCUT2D eigenvalue weighted by Crippen LogP contribution is -2.36. The van der Waals surface area contributed by atoms with E-state index in [9.17, 15) is 14.9 Å². The average Bonchev–Trinajstić information content (AvgIpc) is 3.24. The fourth-order valence-electron chi connectivity index (χ4n) is 2.89. The Labute approximate surface area is 143 Å². The molecule has 24 heavy (non-hydrogen) atoms. The van der Waals surface area contributed by atoms with E-state index < -0.39 is 4.92 Å². The highest BCUT2D eigenvalue weighted by Crippen LogP contribution is 2.28. The molecule has 3 rings (SSSR count). The molecular formula is C16H17N3O4S. The van der Waals surface area contributed by atoms with Crippen LogP contribution in [0.4, 0.5) is 5.69 Å². The Bertz CT molecular complexity index is 761. The standard InChI is InChI=1S/C16H17N3O4S/c1-23-16(20)14-6-3-7-18(14)9-12-10-24-15(17-12)11-4-2-5-13(8-11)19(21)22/h2,4-5,8,10,14H,3,6-7,9H2,1H3/t14-/m1/s1. The van der Waals surface area contributed by atoms with Crippen LogP contribution < -0.4 is 0 Å². The molecule has 126 valence electrons. The summed E-state index contributed by atoms with van der Waals surface area (Å²) in [4.78, 5) is 28.9. The van der Waals surface area contributed by atoms with Gasteiger partial charge in [0.15, 0.2) is 0 Å². The number of carbonyl (C=O) groups excluding carboxylic acids is 1. The van der Waals surface area contributed by atoms with Gasteiger partial charge in [0.2, 0.25) is 0 Å². The first-order valence-electron chi connectivity index (χ1n) is 7.59. The van der Waals surface area contributed by atoms with Gasteiger partial charge in [-0.2, -0.15) is 0 Å². The van der Waals surface area contributed by atoms with E-state index in [1.807, 2.05) is 11.4 Å². The number of thiazole rings is 1. The average molecular weight is 347 g/mol. The predicted octanol–water partition coefficient (Wildman–Crippen LogP) is 2.86. The largest absolute Gasteiger partial charge is 0.468 e. The van der Waals surface area contributed by atoms with Gasteiger partial charge in [0, 0.05) is 29.6 Å². The van der Waals surface area contributed by atoms with Gasteiger partial charge >= 0.3 is 5.97 Å². The van der Waals surface area contributed by atoms with Crippen LogP contribution in [-0.4, -0.2) is 40.5 Å². The Morgan fingerprint density at radius 1 is 1.54 bits per heavy atom. The zero-order chi connectivity index (χ0) is 17.1. The number of non-ortho nitro benzene ring substituents is 1. The smallest absolute Gasteiger partial charge is 0.323 e. The number of likely N-dealkylation sites (tertiary alicyclic amines) is 1. The third-order valence-corrected chi connectivity index (χ3v) is 5.00. The van der Waals surface area contributed by atoms with Gasteiger partial charge in [-0.25, -0.2) is 4.98 Å². The van der Waals surface area contributed by atoms with Crippen molar-refractivity contribution in [3.05, 3.63) is 45.5 Å². The zero-order valence-corrected chi connectivity index (χ0v) is 14.0. The number of esters is 1. The van der Waals surface area contributed by atoms with Crippen LogP contribution in [0.2, 0.25) is 0 Å².